The summed E-state index contributed by atoms with van der Waals surface area (Å²) in [6, 6.07) is 4.39. The van der Waals surface area contributed by atoms with E-state index in [1.165, 1.54) is 30.7 Å². The molecule has 0 amide bonds. The van der Waals surface area contributed by atoms with Gasteiger partial charge in [0.2, 0.25) is 5.75 Å². The van der Waals surface area contributed by atoms with Crippen LogP contribution in [0, 0.1) is 6.92 Å². The molecule has 0 saturated carbocycles. The van der Waals surface area contributed by atoms with Gasteiger partial charge in [-0.1, -0.05) is 53.1 Å². The molecule has 0 aromatic heterocycles. The van der Waals surface area contributed by atoms with E-state index in [0.717, 1.165) is 54.6 Å². The molecule has 0 radical (unpaired) electrons. The molecule has 4 aliphatic heterocycles. The van der Waals surface area contributed by atoms with Crippen molar-refractivity contribution in [3.8, 4) is 23.0 Å². The van der Waals surface area contributed by atoms with Crippen molar-refractivity contribution in [3.05, 3.63) is 91.2 Å². The first kappa shape index (κ1) is 34.2. The number of nitrogens with zero attached hydrogens (tertiary/aromatic N) is 2. The first-order valence-corrected chi connectivity index (χ1v) is 17.8. The van der Waals surface area contributed by atoms with Crippen LogP contribution in [0.5, 0.6) is 23.0 Å². The Bertz CT molecular complexity index is 1810. The van der Waals surface area contributed by atoms with E-state index in [4.69, 9.17) is 46.9 Å². The van der Waals surface area contributed by atoms with Gasteiger partial charge in [-0.3, -0.25) is 14.6 Å². The number of carbonyl (C=O) groups is 1. The number of esters is 1. The van der Waals surface area contributed by atoms with E-state index in [9.17, 15) is 4.79 Å². The van der Waals surface area contributed by atoms with Crippen LogP contribution in [-0.2, 0) is 27.1 Å². The van der Waals surface area contributed by atoms with Gasteiger partial charge in [0.1, 0.15) is 17.6 Å². The third-order valence-corrected chi connectivity index (χ3v) is 11.5. The van der Waals surface area contributed by atoms with Crippen molar-refractivity contribution in [1.29, 1.82) is 0 Å². The van der Waals surface area contributed by atoms with Crippen LogP contribution in [0.3, 0.4) is 0 Å². The Morgan fingerprint density at radius 3 is 2.47 bits per heavy atom. The van der Waals surface area contributed by atoms with E-state index >= 15 is 0 Å². The molecule has 6 aliphatic rings. The lowest BCUT2D eigenvalue weighted by atomic mass is 9.84. The Labute approximate surface area is 298 Å². The lowest BCUT2D eigenvalue weighted by Gasteiger charge is -2.39. The fourth-order valence-electron chi connectivity index (χ4n) is 8.02. The molecule has 4 atom stereocenters. The summed E-state index contributed by atoms with van der Waals surface area (Å²) in [5, 5.41) is 1.06. The Balaban J connectivity index is 1.46. The minimum atomic E-state index is -0.496. The number of benzene rings is 2. The van der Waals surface area contributed by atoms with E-state index in [1.807, 2.05) is 6.08 Å². The van der Waals surface area contributed by atoms with Crippen molar-refractivity contribution >= 4 is 29.2 Å². The topological polar surface area (TPSA) is 69.7 Å². The van der Waals surface area contributed by atoms with E-state index in [1.54, 1.807) is 7.11 Å². The number of halogens is 2. The Morgan fingerprint density at radius 2 is 1.76 bits per heavy atom. The molecular weight excluding hydrogens is 663 g/mol. The van der Waals surface area contributed by atoms with Crippen LogP contribution in [0.4, 0.5) is 0 Å². The highest BCUT2D eigenvalue weighted by Gasteiger charge is 2.39. The van der Waals surface area contributed by atoms with E-state index in [-0.39, 0.29) is 35.8 Å². The van der Waals surface area contributed by atoms with Crippen LogP contribution in [-0.4, -0.2) is 69.4 Å². The number of hydrogen-bond donors (Lipinski definition) is 0. The fourth-order valence-corrected chi connectivity index (χ4v) is 8.64. The second-order valence-corrected chi connectivity index (χ2v) is 14.5. The van der Waals surface area contributed by atoms with Crippen molar-refractivity contribution in [1.82, 2.24) is 9.80 Å². The largest absolute Gasteiger partial charge is 0.498 e. The van der Waals surface area contributed by atoms with E-state index in [0.29, 0.717) is 46.6 Å². The van der Waals surface area contributed by atoms with Gasteiger partial charge in [-0.05, 0) is 93.1 Å². The lowest BCUT2D eigenvalue weighted by molar-refractivity contribution is -0.132. The van der Waals surface area contributed by atoms with Crippen LogP contribution >= 0.6 is 23.2 Å². The molecule has 8 rings (SSSR count). The SMILES string of the molecule is COC1=CC(Cl)=C2CC1OC1C=CC(=CC1)C[C@H]1c3cc(c(C)cc3CCN1C)Oc1c(OC(C)=O)c(OC)c(Cl)c3c1[C@H](C2)N(C)CC3. The average molecular weight is 708 g/mol. The molecule has 2 unspecified atom stereocenters. The van der Waals surface area contributed by atoms with Gasteiger partial charge in [0.05, 0.1) is 25.3 Å². The summed E-state index contributed by atoms with van der Waals surface area (Å²) >= 11 is 14.1. The Morgan fingerprint density at radius 1 is 0.980 bits per heavy atom. The number of rotatable bonds is 3. The van der Waals surface area contributed by atoms with Gasteiger partial charge in [-0.15, -0.1) is 0 Å². The van der Waals surface area contributed by atoms with Crippen molar-refractivity contribution in [2.45, 2.75) is 76.7 Å². The molecule has 8 nitrogen and oxygen atoms in total. The summed E-state index contributed by atoms with van der Waals surface area (Å²) in [7, 11) is 7.48. The van der Waals surface area contributed by atoms with E-state index < -0.39 is 5.97 Å². The number of aryl methyl sites for hydroxylation is 1. The zero-order chi connectivity index (χ0) is 34.6. The Hall–Kier alpha value is -3.27. The molecule has 0 fully saturated rings. The first-order valence-electron chi connectivity index (χ1n) is 17.0. The number of hydrogen-bond acceptors (Lipinski definition) is 8. The molecule has 49 heavy (non-hydrogen) atoms. The smallest absolute Gasteiger partial charge is 0.308 e. The highest BCUT2D eigenvalue weighted by molar-refractivity contribution is 6.33. The van der Waals surface area contributed by atoms with Gasteiger partial charge in [0, 0.05) is 49.1 Å². The number of methoxy groups -OCH3 is 2. The van der Waals surface area contributed by atoms with Crippen molar-refractivity contribution < 1.29 is 28.5 Å². The maximum atomic E-state index is 12.6. The maximum absolute atomic E-state index is 12.6. The molecule has 0 saturated heterocycles. The second-order valence-electron chi connectivity index (χ2n) is 13.8. The third-order valence-electron chi connectivity index (χ3n) is 10.7. The number of carbonyl (C=O) groups excluding carboxylic acids is 1. The molecule has 10 heteroatoms. The quantitative estimate of drug-likeness (QED) is 0.233. The zero-order valence-corrected chi connectivity index (χ0v) is 30.5. The predicted molar refractivity (Wildman–Crippen MR) is 191 cm³/mol. The molecular formula is C39H44Cl2N2O6. The summed E-state index contributed by atoms with van der Waals surface area (Å²) in [6.07, 6.45) is 12.6. The van der Waals surface area contributed by atoms with Crippen LogP contribution in [0.1, 0.15) is 72.5 Å². The van der Waals surface area contributed by atoms with Crippen molar-refractivity contribution in [2.24, 2.45) is 0 Å². The average Bonchev–Trinajstić information content (AvgIpc) is 3.07. The minimum absolute atomic E-state index is 0.0782. The molecule has 2 aliphatic carbocycles. The highest BCUT2D eigenvalue weighted by Crippen LogP contribution is 2.55. The van der Waals surface area contributed by atoms with E-state index in [2.05, 4.69) is 61.2 Å². The third kappa shape index (κ3) is 6.43. The molecule has 260 valence electrons. The van der Waals surface area contributed by atoms with Crippen LogP contribution in [0.15, 0.2) is 58.4 Å². The predicted octanol–water partition coefficient (Wildman–Crippen LogP) is 8.29. The number of ether oxygens (including phenoxy) is 5. The summed E-state index contributed by atoms with van der Waals surface area (Å²) < 4.78 is 31.3. The summed E-state index contributed by atoms with van der Waals surface area (Å²) in [4.78, 5) is 17.4. The second kappa shape index (κ2) is 13.8. The first-order chi connectivity index (χ1) is 23.6. The van der Waals surface area contributed by atoms with Crippen molar-refractivity contribution in [2.75, 3.05) is 41.4 Å². The van der Waals surface area contributed by atoms with Gasteiger partial charge in [0.15, 0.2) is 11.5 Å². The zero-order valence-electron chi connectivity index (χ0n) is 29.0. The highest BCUT2D eigenvalue weighted by atomic mass is 35.5. The fraction of sp³-hybridized carbons (Fsp3) is 0.462. The minimum Gasteiger partial charge on any atom is -0.498 e. The molecule has 0 spiro atoms. The van der Waals surface area contributed by atoms with Crippen LogP contribution in [0.2, 0.25) is 5.02 Å². The van der Waals surface area contributed by atoms with Crippen molar-refractivity contribution in [3.63, 3.8) is 0 Å². The molecule has 4 heterocycles. The lowest BCUT2D eigenvalue weighted by Crippen LogP contribution is -2.34. The summed E-state index contributed by atoms with van der Waals surface area (Å²) in [5.41, 5.74) is 7.67. The molecule has 2 aromatic carbocycles. The number of likely N-dealkylation sites (N-methyl/N-ethyl adjacent to an activating group) is 2. The molecule has 2 aromatic rings. The monoisotopic (exact) mass is 706 g/mol. The van der Waals surface area contributed by atoms with Gasteiger partial charge in [-0.25, -0.2) is 0 Å². The van der Waals surface area contributed by atoms with Gasteiger partial charge >= 0.3 is 5.97 Å². The van der Waals surface area contributed by atoms with Crippen LogP contribution in [0.25, 0.3) is 0 Å². The standard InChI is InChI=1S/C39H44Cl2N2O6/c1-21-15-24-11-13-42(3)30-16-23-7-9-26(10-8-23)48-34-18-25(29(40)20-33(34)45-5)17-31-35-27(12-14-43(31)4)36(41)38(46-6)39(47-22(2)44)37(35)49-32(21)19-28(24)30/h7-9,15,19-20,26,30-31,34H,10-14,16-18H2,1-6H3/t26?,30-,31-,34?/m0/s1. The summed E-state index contributed by atoms with van der Waals surface area (Å²) in [6.45, 7) is 5.17. The number of allylic oxidation sites excluding steroid dienone is 3. The summed E-state index contributed by atoms with van der Waals surface area (Å²) in [5.74, 6) is 1.82. The molecule has 0 N–H and O–H groups in total. The van der Waals surface area contributed by atoms with Gasteiger partial charge < -0.3 is 23.7 Å². The van der Waals surface area contributed by atoms with Gasteiger partial charge in [-0.2, -0.15) is 0 Å². The van der Waals surface area contributed by atoms with Gasteiger partial charge in [0.25, 0.3) is 0 Å². The Kier molecular flexibility index (Phi) is 9.63. The maximum Gasteiger partial charge on any atom is 0.308 e. The number of fused-ring (bicyclic) bond motifs is 1. The van der Waals surface area contributed by atoms with Crippen LogP contribution < -0.4 is 14.2 Å². The normalized spacial score (nSPS) is 25.4. The molecule has 6 bridgehead atoms.